The predicted molar refractivity (Wildman–Crippen MR) is 93.9 cm³/mol. The summed E-state index contributed by atoms with van der Waals surface area (Å²) in [6, 6.07) is 6.88. The lowest BCUT2D eigenvalue weighted by Gasteiger charge is -2.43. The highest BCUT2D eigenvalue weighted by atomic mass is 32.2. The standard InChI is InChI=1S/C17H21N3O4S/c1-17(2)13(16(23)24)20-14(22)12(15(20)25-17)19-8-10(21)11(18)9-6-4-3-5-7-9/h3-7,11-13,15,19H,8,18H2,1-2H3,(H,23,24)/t11-,12?,13?,15?/m0/s1. The van der Waals surface area contributed by atoms with Crippen molar-refractivity contribution in [2.24, 2.45) is 5.73 Å². The van der Waals surface area contributed by atoms with Crippen LogP contribution in [-0.2, 0) is 14.4 Å². The number of hydrogen-bond acceptors (Lipinski definition) is 6. The number of amides is 1. The van der Waals surface area contributed by atoms with E-state index in [2.05, 4.69) is 5.32 Å². The first-order valence-corrected chi connectivity index (χ1v) is 8.91. The van der Waals surface area contributed by atoms with Gasteiger partial charge in [-0.25, -0.2) is 4.79 Å². The average Bonchev–Trinajstić information content (AvgIpc) is 2.83. The molecule has 134 valence electrons. The number of ketones is 1. The molecule has 25 heavy (non-hydrogen) atoms. The number of nitrogens with zero attached hydrogens (tertiary/aromatic N) is 1. The van der Waals surface area contributed by atoms with E-state index in [0.29, 0.717) is 0 Å². The molecule has 0 saturated carbocycles. The SMILES string of the molecule is CC1(C)SC2C(NCC(=O)[C@@H](N)c3ccccc3)C(=O)N2C1C(=O)O. The van der Waals surface area contributed by atoms with Crippen LogP contribution in [0.3, 0.4) is 0 Å². The van der Waals surface area contributed by atoms with Crippen molar-refractivity contribution in [1.82, 2.24) is 10.2 Å². The molecular formula is C17H21N3O4S. The number of hydrogen-bond donors (Lipinski definition) is 3. The molecule has 7 nitrogen and oxygen atoms in total. The monoisotopic (exact) mass is 363 g/mol. The second-order valence-electron chi connectivity index (χ2n) is 6.81. The van der Waals surface area contributed by atoms with Crippen LogP contribution < -0.4 is 11.1 Å². The minimum Gasteiger partial charge on any atom is -0.480 e. The Bertz CT molecular complexity index is 709. The van der Waals surface area contributed by atoms with Crippen LogP contribution in [-0.4, -0.2) is 56.4 Å². The van der Waals surface area contributed by atoms with Crippen LogP contribution in [0.25, 0.3) is 0 Å². The number of benzene rings is 1. The second kappa shape index (κ2) is 6.44. The number of nitrogens with two attached hydrogens (primary N) is 1. The Balaban J connectivity index is 1.61. The summed E-state index contributed by atoms with van der Waals surface area (Å²) in [6.07, 6.45) is 0. The summed E-state index contributed by atoms with van der Waals surface area (Å²) in [4.78, 5) is 37.5. The van der Waals surface area contributed by atoms with E-state index in [0.717, 1.165) is 5.56 Å². The summed E-state index contributed by atoms with van der Waals surface area (Å²) >= 11 is 1.44. The van der Waals surface area contributed by atoms with E-state index in [1.165, 1.54) is 16.7 Å². The molecule has 2 saturated heterocycles. The Morgan fingerprint density at radius 1 is 1.36 bits per heavy atom. The molecule has 4 N–H and O–H groups in total. The van der Waals surface area contributed by atoms with Crippen LogP contribution in [0.2, 0.25) is 0 Å². The van der Waals surface area contributed by atoms with Gasteiger partial charge in [0.1, 0.15) is 17.5 Å². The normalized spacial score (nSPS) is 28.2. The molecule has 0 aliphatic carbocycles. The van der Waals surface area contributed by atoms with Crippen molar-refractivity contribution < 1.29 is 19.5 Å². The summed E-state index contributed by atoms with van der Waals surface area (Å²) in [5.41, 5.74) is 6.68. The highest BCUT2D eigenvalue weighted by Crippen LogP contribution is 2.50. The lowest BCUT2D eigenvalue weighted by Crippen LogP contribution is -2.70. The van der Waals surface area contributed by atoms with Crippen molar-refractivity contribution in [2.75, 3.05) is 6.54 Å². The number of rotatable bonds is 6. The molecule has 0 bridgehead atoms. The summed E-state index contributed by atoms with van der Waals surface area (Å²) in [6.45, 7) is 3.60. The summed E-state index contributed by atoms with van der Waals surface area (Å²) in [7, 11) is 0. The van der Waals surface area contributed by atoms with E-state index >= 15 is 0 Å². The fourth-order valence-corrected chi connectivity index (χ4v) is 5.02. The third-order valence-corrected chi connectivity index (χ3v) is 6.25. The van der Waals surface area contributed by atoms with Crippen molar-refractivity contribution >= 4 is 29.4 Å². The molecule has 0 spiro atoms. The molecule has 2 aliphatic heterocycles. The Morgan fingerprint density at radius 2 is 2.00 bits per heavy atom. The number of carbonyl (C=O) groups excluding carboxylic acids is 2. The summed E-state index contributed by atoms with van der Waals surface area (Å²) in [5.74, 6) is -1.50. The minimum absolute atomic E-state index is 0.0322. The number of carboxylic acid groups (broad SMARTS) is 1. The van der Waals surface area contributed by atoms with Gasteiger partial charge < -0.3 is 15.7 Å². The molecule has 0 aromatic heterocycles. The van der Waals surface area contributed by atoms with E-state index in [1.807, 2.05) is 32.0 Å². The van der Waals surface area contributed by atoms with Gasteiger partial charge in [-0.2, -0.15) is 0 Å². The molecule has 4 atom stereocenters. The Hall–Kier alpha value is -1.90. The number of thioether (sulfide) groups is 1. The molecule has 2 fully saturated rings. The maximum absolute atomic E-state index is 12.3. The quantitative estimate of drug-likeness (QED) is 0.626. The maximum atomic E-state index is 12.3. The number of aliphatic carboxylic acids is 1. The van der Waals surface area contributed by atoms with Crippen molar-refractivity contribution in [3.63, 3.8) is 0 Å². The molecule has 1 aromatic carbocycles. The average molecular weight is 363 g/mol. The molecular weight excluding hydrogens is 342 g/mol. The van der Waals surface area contributed by atoms with E-state index < -0.39 is 28.8 Å². The number of fused-ring (bicyclic) bond motifs is 1. The zero-order chi connectivity index (χ0) is 18.4. The van der Waals surface area contributed by atoms with Crippen LogP contribution in [0.1, 0.15) is 25.5 Å². The number of carboxylic acids is 1. The molecule has 3 rings (SSSR count). The highest BCUT2D eigenvalue weighted by molar-refractivity contribution is 8.01. The lowest BCUT2D eigenvalue weighted by molar-refractivity contribution is -0.160. The van der Waals surface area contributed by atoms with Gasteiger partial charge in [-0.15, -0.1) is 11.8 Å². The fourth-order valence-electron chi connectivity index (χ4n) is 3.37. The van der Waals surface area contributed by atoms with Crippen LogP contribution in [0.15, 0.2) is 30.3 Å². The Labute approximate surface area is 149 Å². The van der Waals surface area contributed by atoms with Gasteiger partial charge in [0.25, 0.3) is 0 Å². The van der Waals surface area contributed by atoms with E-state index in [1.54, 1.807) is 12.1 Å². The smallest absolute Gasteiger partial charge is 0.327 e. The van der Waals surface area contributed by atoms with Gasteiger partial charge in [0.15, 0.2) is 5.78 Å². The van der Waals surface area contributed by atoms with Crippen molar-refractivity contribution in [2.45, 2.75) is 42.1 Å². The lowest BCUT2D eigenvalue weighted by atomic mass is 9.96. The molecule has 1 amide bonds. The molecule has 0 radical (unpaired) electrons. The van der Waals surface area contributed by atoms with E-state index in [9.17, 15) is 19.5 Å². The molecule has 2 aliphatic rings. The number of nitrogens with one attached hydrogen (secondary N) is 1. The van der Waals surface area contributed by atoms with Crippen LogP contribution in [0, 0.1) is 0 Å². The van der Waals surface area contributed by atoms with Gasteiger partial charge in [-0.1, -0.05) is 30.3 Å². The van der Waals surface area contributed by atoms with Gasteiger partial charge in [0.05, 0.1) is 12.6 Å². The zero-order valence-electron chi connectivity index (χ0n) is 14.0. The van der Waals surface area contributed by atoms with Crippen LogP contribution in [0.5, 0.6) is 0 Å². The van der Waals surface area contributed by atoms with Crippen LogP contribution in [0.4, 0.5) is 0 Å². The highest BCUT2D eigenvalue weighted by Gasteiger charge is 2.63. The number of Topliss-reactive ketones (excluding diaryl/α,β-unsaturated/α-hetero) is 1. The van der Waals surface area contributed by atoms with E-state index in [-0.39, 0.29) is 23.6 Å². The fraction of sp³-hybridized carbons (Fsp3) is 0.471. The first-order valence-electron chi connectivity index (χ1n) is 8.03. The molecule has 3 unspecified atom stereocenters. The van der Waals surface area contributed by atoms with Crippen molar-refractivity contribution in [3.05, 3.63) is 35.9 Å². The summed E-state index contributed by atoms with van der Waals surface area (Å²) < 4.78 is -0.576. The molecule has 1 aromatic rings. The third-order valence-electron chi connectivity index (χ3n) is 4.68. The topological polar surface area (TPSA) is 113 Å². The van der Waals surface area contributed by atoms with Gasteiger partial charge in [-0.3, -0.25) is 14.9 Å². The van der Waals surface area contributed by atoms with Crippen molar-refractivity contribution in [3.8, 4) is 0 Å². The largest absolute Gasteiger partial charge is 0.480 e. The van der Waals surface area contributed by atoms with Crippen LogP contribution >= 0.6 is 11.8 Å². The van der Waals surface area contributed by atoms with Gasteiger partial charge >= 0.3 is 5.97 Å². The van der Waals surface area contributed by atoms with Gasteiger partial charge in [0, 0.05) is 4.75 Å². The predicted octanol–water partition coefficient (Wildman–Crippen LogP) is 0.361. The Morgan fingerprint density at radius 3 is 2.60 bits per heavy atom. The van der Waals surface area contributed by atoms with Gasteiger partial charge in [0.2, 0.25) is 5.91 Å². The first kappa shape index (κ1) is 17.9. The summed E-state index contributed by atoms with van der Waals surface area (Å²) in [5, 5.41) is 12.1. The number of β-lactam (4-membered cyclic amide) rings is 1. The third kappa shape index (κ3) is 3.05. The van der Waals surface area contributed by atoms with Gasteiger partial charge in [-0.05, 0) is 19.4 Å². The van der Waals surface area contributed by atoms with E-state index in [4.69, 9.17) is 5.73 Å². The molecule has 8 heteroatoms. The zero-order valence-corrected chi connectivity index (χ0v) is 14.8. The Kier molecular flexibility index (Phi) is 4.61. The maximum Gasteiger partial charge on any atom is 0.327 e. The first-order chi connectivity index (χ1) is 11.7. The number of carbonyl (C=O) groups is 3. The minimum atomic E-state index is -1.01. The molecule has 2 heterocycles. The van der Waals surface area contributed by atoms with Crippen molar-refractivity contribution in [1.29, 1.82) is 0 Å². The second-order valence-corrected chi connectivity index (χ2v) is 8.58.